The summed E-state index contributed by atoms with van der Waals surface area (Å²) in [6.07, 6.45) is 5.10. The number of nitro benzene ring substituents is 1. The van der Waals surface area contributed by atoms with Crippen molar-refractivity contribution in [2.45, 2.75) is 24.2 Å². The molecule has 1 saturated heterocycles. The van der Waals surface area contributed by atoms with Crippen LogP contribution in [0.15, 0.2) is 59.5 Å². The number of hydrogen-bond acceptors (Lipinski definition) is 5. The van der Waals surface area contributed by atoms with Crippen molar-refractivity contribution >= 4 is 33.4 Å². The Balaban J connectivity index is 1.81. The van der Waals surface area contributed by atoms with Gasteiger partial charge < -0.3 is 5.32 Å². The average molecular weight is 415 g/mol. The minimum Gasteiger partial charge on any atom is -0.321 e. The summed E-state index contributed by atoms with van der Waals surface area (Å²) in [6, 6.07) is 12.3. The van der Waals surface area contributed by atoms with E-state index in [0.29, 0.717) is 13.1 Å². The number of rotatable bonds is 6. The molecule has 0 saturated carbocycles. The molecule has 1 aliphatic rings. The van der Waals surface area contributed by atoms with Crippen LogP contribution in [-0.4, -0.2) is 36.6 Å². The number of nitrogens with one attached hydrogen (secondary N) is 1. The fraction of sp³-hybridized carbons (Fsp3) is 0.250. The number of piperidine rings is 1. The summed E-state index contributed by atoms with van der Waals surface area (Å²) in [6.45, 7) is 0.921. The van der Waals surface area contributed by atoms with E-state index < -0.39 is 20.9 Å². The van der Waals surface area contributed by atoms with E-state index in [1.54, 1.807) is 18.2 Å². The van der Waals surface area contributed by atoms with Gasteiger partial charge in [0.25, 0.3) is 5.69 Å². The van der Waals surface area contributed by atoms with E-state index >= 15 is 0 Å². The molecule has 1 N–H and O–H groups in total. The molecular formula is C20H21N3O5S. The lowest BCUT2D eigenvalue weighted by Gasteiger charge is -2.26. The molecule has 2 aromatic rings. The Kier molecular flexibility index (Phi) is 6.40. The van der Waals surface area contributed by atoms with Crippen LogP contribution < -0.4 is 5.32 Å². The number of para-hydroxylation sites is 2. The van der Waals surface area contributed by atoms with Crippen molar-refractivity contribution in [1.82, 2.24) is 4.31 Å². The molecule has 0 radical (unpaired) electrons. The van der Waals surface area contributed by atoms with Crippen LogP contribution >= 0.6 is 0 Å². The van der Waals surface area contributed by atoms with Gasteiger partial charge in [0.1, 0.15) is 4.90 Å². The van der Waals surface area contributed by atoms with Crippen LogP contribution in [0.2, 0.25) is 0 Å². The number of anilines is 1. The van der Waals surface area contributed by atoms with E-state index in [2.05, 4.69) is 5.32 Å². The first kappa shape index (κ1) is 20.7. The lowest BCUT2D eigenvalue weighted by Crippen LogP contribution is -2.36. The van der Waals surface area contributed by atoms with Crippen molar-refractivity contribution in [2.75, 3.05) is 18.4 Å². The van der Waals surface area contributed by atoms with Gasteiger partial charge in [-0.3, -0.25) is 14.9 Å². The van der Waals surface area contributed by atoms with E-state index in [0.717, 1.165) is 25.3 Å². The molecule has 0 atom stereocenters. The van der Waals surface area contributed by atoms with Gasteiger partial charge in [-0.1, -0.05) is 30.7 Å². The molecule has 1 amide bonds. The number of nitrogens with zero attached hydrogens (tertiary/aromatic N) is 2. The summed E-state index contributed by atoms with van der Waals surface area (Å²) in [4.78, 5) is 22.9. The first-order chi connectivity index (χ1) is 13.9. The molecule has 29 heavy (non-hydrogen) atoms. The maximum absolute atomic E-state index is 13.0. The Labute approximate surface area is 169 Å². The van der Waals surface area contributed by atoms with E-state index in [-0.39, 0.29) is 21.8 Å². The Hall–Kier alpha value is -3.04. The van der Waals surface area contributed by atoms with E-state index in [1.165, 1.54) is 40.7 Å². The fourth-order valence-electron chi connectivity index (χ4n) is 3.17. The highest BCUT2D eigenvalue weighted by atomic mass is 32.2. The Morgan fingerprint density at radius 3 is 2.41 bits per heavy atom. The Bertz CT molecular complexity index is 1040. The molecule has 1 aliphatic heterocycles. The van der Waals surface area contributed by atoms with Crippen molar-refractivity contribution < 1.29 is 18.1 Å². The second-order valence-electron chi connectivity index (χ2n) is 6.60. The SMILES string of the molecule is O=C(/C=C/c1ccccc1[N+](=O)[O-])Nc1ccccc1S(=O)(=O)N1CCCCC1. The number of carbonyl (C=O) groups excluding carboxylic acids is 1. The second-order valence-corrected chi connectivity index (χ2v) is 8.51. The van der Waals surface area contributed by atoms with Crippen LogP contribution in [0.4, 0.5) is 11.4 Å². The zero-order valence-electron chi connectivity index (χ0n) is 15.7. The zero-order chi connectivity index (χ0) is 20.9. The standard InChI is InChI=1S/C20H21N3O5S/c24-20(13-12-16-8-2-4-10-18(16)23(25)26)21-17-9-3-5-11-19(17)29(27,28)22-14-6-1-7-15-22/h2-5,8-13H,1,6-7,14-15H2,(H,21,24)/b13-12+. The zero-order valence-corrected chi connectivity index (χ0v) is 16.5. The fourth-order valence-corrected chi connectivity index (χ4v) is 4.84. The maximum atomic E-state index is 13.0. The Morgan fingerprint density at radius 1 is 1.03 bits per heavy atom. The third-order valence-electron chi connectivity index (χ3n) is 4.63. The van der Waals surface area contributed by atoms with Gasteiger partial charge in [0.05, 0.1) is 16.2 Å². The van der Waals surface area contributed by atoms with Gasteiger partial charge in [-0.05, 0) is 37.1 Å². The first-order valence-electron chi connectivity index (χ1n) is 9.21. The molecule has 0 aromatic heterocycles. The van der Waals surface area contributed by atoms with Crippen LogP contribution in [0.25, 0.3) is 6.08 Å². The lowest BCUT2D eigenvalue weighted by atomic mass is 10.1. The number of benzene rings is 2. The van der Waals surface area contributed by atoms with Crippen molar-refractivity contribution in [3.8, 4) is 0 Å². The van der Waals surface area contributed by atoms with Crippen LogP contribution in [0.3, 0.4) is 0 Å². The quantitative estimate of drug-likeness (QED) is 0.442. The van der Waals surface area contributed by atoms with E-state index in [9.17, 15) is 23.3 Å². The van der Waals surface area contributed by atoms with Gasteiger partial charge in [-0.25, -0.2) is 8.42 Å². The molecule has 3 rings (SSSR count). The molecule has 1 fully saturated rings. The van der Waals surface area contributed by atoms with E-state index in [1.807, 2.05) is 0 Å². The number of amides is 1. The molecule has 0 aliphatic carbocycles. The molecule has 0 unspecified atom stereocenters. The number of hydrogen-bond donors (Lipinski definition) is 1. The molecule has 2 aromatic carbocycles. The Morgan fingerprint density at radius 2 is 1.69 bits per heavy atom. The first-order valence-corrected chi connectivity index (χ1v) is 10.7. The van der Waals surface area contributed by atoms with Gasteiger partial charge >= 0.3 is 0 Å². The van der Waals surface area contributed by atoms with Gasteiger partial charge in [0.15, 0.2) is 0 Å². The predicted molar refractivity (Wildman–Crippen MR) is 110 cm³/mol. The van der Waals surface area contributed by atoms with Crippen molar-refractivity contribution in [3.05, 3.63) is 70.3 Å². The highest BCUT2D eigenvalue weighted by molar-refractivity contribution is 7.89. The molecular weight excluding hydrogens is 394 g/mol. The minimum atomic E-state index is -3.72. The average Bonchev–Trinajstić information content (AvgIpc) is 2.73. The highest BCUT2D eigenvalue weighted by Crippen LogP contribution is 2.27. The van der Waals surface area contributed by atoms with Gasteiger partial charge in [0, 0.05) is 25.2 Å². The van der Waals surface area contributed by atoms with E-state index in [4.69, 9.17) is 0 Å². The summed E-state index contributed by atoms with van der Waals surface area (Å²) in [5, 5.41) is 13.6. The van der Waals surface area contributed by atoms with Crippen LogP contribution in [0, 0.1) is 10.1 Å². The summed E-state index contributed by atoms with van der Waals surface area (Å²) in [5.41, 5.74) is 0.335. The summed E-state index contributed by atoms with van der Waals surface area (Å²) in [7, 11) is -3.72. The topological polar surface area (TPSA) is 110 Å². The van der Waals surface area contributed by atoms with Crippen LogP contribution in [0.5, 0.6) is 0 Å². The number of nitro groups is 1. The predicted octanol–water partition coefficient (Wildman–Crippen LogP) is 3.42. The van der Waals surface area contributed by atoms with Crippen molar-refractivity contribution in [1.29, 1.82) is 0 Å². The summed E-state index contributed by atoms with van der Waals surface area (Å²) < 4.78 is 27.4. The smallest absolute Gasteiger partial charge is 0.276 e. The van der Waals surface area contributed by atoms with Gasteiger partial charge in [-0.15, -0.1) is 0 Å². The molecule has 152 valence electrons. The molecule has 0 spiro atoms. The summed E-state index contributed by atoms with van der Waals surface area (Å²) >= 11 is 0. The highest BCUT2D eigenvalue weighted by Gasteiger charge is 2.28. The number of carbonyl (C=O) groups is 1. The van der Waals surface area contributed by atoms with Gasteiger partial charge in [-0.2, -0.15) is 4.31 Å². The third kappa shape index (κ3) is 4.87. The molecule has 9 heteroatoms. The van der Waals surface area contributed by atoms with Crippen LogP contribution in [0.1, 0.15) is 24.8 Å². The molecule has 0 bridgehead atoms. The van der Waals surface area contributed by atoms with Crippen molar-refractivity contribution in [2.24, 2.45) is 0 Å². The van der Waals surface area contributed by atoms with Gasteiger partial charge in [0.2, 0.25) is 15.9 Å². The normalized spacial score (nSPS) is 15.3. The number of sulfonamides is 1. The lowest BCUT2D eigenvalue weighted by molar-refractivity contribution is -0.385. The largest absolute Gasteiger partial charge is 0.321 e. The molecule has 1 heterocycles. The molecule has 8 nitrogen and oxygen atoms in total. The maximum Gasteiger partial charge on any atom is 0.276 e. The monoisotopic (exact) mass is 415 g/mol. The minimum absolute atomic E-state index is 0.0364. The van der Waals surface area contributed by atoms with Crippen molar-refractivity contribution in [3.63, 3.8) is 0 Å². The second kappa shape index (κ2) is 8.97. The van der Waals surface area contributed by atoms with Crippen LogP contribution in [-0.2, 0) is 14.8 Å². The third-order valence-corrected chi connectivity index (χ3v) is 6.58. The summed E-state index contributed by atoms with van der Waals surface area (Å²) in [5.74, 6) is -0.579.